The predicted octanol–water partition coefficient (Wildman–Crippen LogP) is 1.30. The number of amides is 1. The Morgan fingerprint density at radius 1 is 1.40 bits per heavy atom. The van der Waals surface area contributed by atoms with Crippen LogP contribution in [0.1, 0.15) is 11.1 Å². The van der Waals surface area contributed by atoms with Gasteiger partial charge in [-0.2, -0.15) is 13.2 Å². The number of thioether (sulfide) groups is 1. The van der Waals surface area contributed by atoms with Gasteiger partial charge in [0, 0.05) is 12.3 Å². The summed E-state index contributed by atoms with van der Waals surface area (Å²) in [6.45, 7) is 0.131. The van der Waals surface area contributed by atoms with Crippen LogP contribution < -0.4 is 10.6 Å². The summed E-state index contributed by atoms with van der Waals surface area (Å²) in [6, 6.07) is 5.06. The monoisotopic (exact) mass is 306 g/mol. The van der Waals surface area contributed by atoms with E-state index in [1.807, 2.05) is 0 Å². The fourth-order valence-electron chi connectivity index (χ4n) is 1.71. The highest BCUT2D eigenvalue weighted by atomic mass is 32.2. The van der Waals surface area contributed by atoms with E-state index in [4.69, 9.17) is 0 Å². The van der Waals surface area contributed by atoms with E-state index in [0.717, 1.165) is 12.1 Å². The summed E-state index contributed by atoms with van der Waals surface area (Å²) < 4.78 is 37.7. The molecule has 2 unspecified atom stereocenters. The second kappa shape index (κ2) is 6.02. The zero-order valence-corrected chi connectivity index (χ0v) is 11.1. The molecule has 1 aliphatic heterocycles. The molecule has 1 saturated heterocycles. The molecule has 2 rings (SSSR count). The first-order valence-electron chi connectivity index (χ1n) is 5.86. The minimum absolute atomic E-state index is 0.131. The molecule has 0 aliphatic carbocycles. The van der Waals surface area contributed by atoms with Gasteiger partial charge in [0.1, 0.15) is 11.6 Å². The van der Waals surface area contributed by atoms with Gasteiger partial charge in [-0.15, -0.1) is 11.8 Å². The summed E-state index contributed by atoms with van der Waals surface area (Å²) in [5.41, 5.74) is -0.584. The lowest BCUT2D eigenvalue weighted by atomic mass is 10.1. The number of halogens is 3. The molecule has 8 heteroatoms. The molecule has 1 amide bonds. The molecule has 1 aromatic rings. The smallest absolute Gasteiger partial charge is 0.382 e. The van der Waals surface area contributed by atoms with Gasteiger partial charge in [0.05, 0.1) is 5.56 Å². The topological polar surface area (TPSA) is 61.4 Å². The molecule has 1 aromatic carbocycles. The van der Waals surface area contributed by atoms with E-state index < -0.39 is 29.2 Å². The Morgan fingerprint density at radius 2 is 2.15 bits per heavy atom. The predicted molar refractivity (Wildman–Crippen MR) is 68.7 cm³/mol. The van der Waals surface area contributed by atoms with E-state index in [0.29, 0.717) is 11.3 Å². The third-order valence-electron chi connectivity index (χ3n) is 2.74. The van der Waals surface area contributed by atoms with Gasteiger partial charge in [0.2, 0.25) is 0 Å². The van der Waals surface area contributed by atoms with Crippen molar-refractivity contribution in [2.75, 3.05) is 6.54 Å². The number of carbonyl (C=O) groups is 1. The molecular weight excluding hydrogens is 293 g/mol. The molecule has 110 valence electrons. The second-order valence-corrected chi connectivity index (χ2v) is 5.42. The number of β-amino-alcohol motifs (C(OH)–C–C–N with tert-alkyl or cyclic N) is 1. The first-order valence-corrected chi connectivity index (χ1v) is 6.91. The summed E-state index contributed by atoms with van der Waals surface area (Å²) in [5.74, 6) is -0.164. The van der Waals surface area contributed by atoms with E-state index in [1.165, 1.54) is 17.8 Å². The Hall–Kier alpha value is -1.25. The van der Waals surface area contributed by atoms with E-state index in [2.05, 4.69) is 10.6 Å². The van der Waals surface area contributed by atoms with E-state index >= 15 is 0 Å². The molecule has 0 bridgehead atoms. The SMILES string of the molecule is O=C1NC(SCc2cccc(C(F)(F)F)c2)NCC1O. The van der Waals surface area contributed by atoms with Crippen LogP contribution in [0, 0.1) is 0 Å². The van der Waals surface area contributed by atoms with Crippen LogP contribution in [0.3, 0.4) is 0 Å². The van der Waals surface area contributed by atoms with Crippen molar-refractivity contribution in [3.05, 3.63) is 35.4 Å². The van der Waals surface area contributed by atoms with Crippen LogP contribution in [-0.4, -0.2) is 29.2 Å². The van der Waals surface area contributed by atoms with Gasteiger partial charge < -0.3 is 10.4 Å². The van der Waals surface area contributed by atoms with Gasteiger partial charge >= 0.3 is 6.18 Å². The first-order chi connectivity index (χ1) is 9.36. The van der Waals surface area contributed by atoms with Crippen LogP contribution in [-0.2, 0) is 16.7 Å². The number of carbonyl (C=O) groups excluding carboxylic acids is 1. The summed E-state index contributed by atoms with van der Waals surface area (Å²) in [7, 11) is 0. The van der Waals surface area contributed by atoms with Gasteiger partial charge in [0.15, 0.2) is 0 Å². The number of rotatable bonds is 3. The van der Waals surface area contributed by atoms with Crippen molar-refractivity contribution < 1.29 is 23.1 Å². The van der Waals surface area contributed by atoms with Crippen molar-refractivity contribution >= 4 is 17.7 Å². The van der Waals surface area contributed by atoms with Crippen molar-refractivity contribution in [2.45, 2.75) is 23.5 Å². The van der Waals surface area contributed by atoms with E-state index in [-0.39, 0.29) is 6.54 Å². The van der Waals surface area contributed by atoms with Crippen LogP contribution in [0.2, 0.25) is 0 Å². The molecular formula is C12H13F3N2O2S. The largest absolute Gasteiger partial charge is 0.416 e. The van der Waals surface area contributed by atoms with Crippen LogP contribution in [0.15, 0.2) is 24.3 Å². The van der Waals surface area contributed by atoms with Gasteiger partial charge in [-0.3, -0.25) is 10.1 Å². The van der Waals surface area contributed by atoms with Crippen molar-refractivity contribution in [3.63, 3.8) is 0 Å². The molecule has 0 aromatic heterocycles. The molecule has 1 aliphatic rings. The van der Waals surface area contributed by atoms with Gasteiger partial charge in [-0.25, -0.2) is 0 Å². The number of hydrogen-bond acceptors (Lipinski definition) is 4. The summed E-state index contributed by atoms with van der Waals surface area (Å²) in [6.07, 6.45) is -5.44. The molecule has 1 fully saturated rings. The molecule has 0 radical (unpaired) electrons. The number of alkyl halides is 3. The lowest BCUT2D eigenvalue weighted by molar-refractivity contribution is -0.137. The highest BCUT2D eigenvalue weighted by Gasteiger charge is 2.30. The quantitative estimate of drug-likeness (QED) is 0.788. The summed E-state index contributed by atoms with van der Waals surface area (Å²) in [5, 5.41) is 14.6. The molecule has 4 nitrogen and oxygen atoms in total. The van der Waals surface area contributed by atoms with E-state index in [9.17, 15) is 23.1 Å². The number of benzene rings is 1. The maximum atomic E-state index is 12.6. The standard InChI is InChI=1S/C12H13F3N2O2S/c13-12(14,15)8-3-1-2-7(4-8)6-20-11-16-5-9(18)10(19)17-11/h1-4,9,11,16,18H,5-6H2,(H,17,19). The van der Waals surface area contributed by atoms with Crippen molar-refractivity contribution in [3.8, 4) is 0 Å². The summed E-state index contributed by atoms with van der Waals surface area (Å²) >= 11 is 1.25. The van der Waals surface area contributed by atoms with Crippen molar-refractivity contribution in [1.82, 2.24) is 10.6 Å². The average Bonchev–Trinajstić information content (AvgIpc) is 2.39. The Kier molecular flexibility index (Phi) is 4.56. The Labute approximate surface area is 117 Å². The highest BCUT2D eigenvalue weighted by Crippen LogP contribution is 2.30. The van der Waals surface area contributed by atoms with Crippen LogP contribution in [0.25, 0.3) is 0 Å². The zero-order chi connectivity index (χ0) is 14.8. The third-order valence-corrected chi connectivity index (χ3v) is 3.86. The normalized spacial score (nSPS) is 23.5. The van der Waals surface area contributed by atoms with Crippen molar-refractivity contribution in [2.24, 2.45) is 0 Å². The molecule has 0 spiro atoms. The lowest BCUT2D eigenvalue weighted by Crippen LogP contribution is -2.57. The average molecular weight is 306 g/mol. The Balaban J connectivity index is 1.93. The minimum Gasteiger partial charge on any atom is -0.382 e. The minimum atomic E-state index is -4.36. The number of nitrogens with one attached hydrogen (secondary N) is 2. The van der Waals surface area contributed by atoms with Crippen LogP contribution in [0.4, 0.5) is 13.2 Å². The zero-order valence-electron chi connectivity index (χ0n) is 10.3. The third kappa shape index (κ3) is 3.87. The molecule has 0 saturated carbocycles. The second-order valence-electron chi connectivity index (χ2n) is 4.32. The number of hydrogen-bond donors (Lipinski definition) is 3. The number of aliphatic hydroxyl groups excluding tert-OH is 1. The molecule has 3 N–H and O–H groups in total. The molecule has 1 heterocycles. The number of aliphatic hydroxyl groups is 1. The van der Waals surface area contributed by atoms with Gasteiger partial charge in [-0.05, 0) is 11.6 Å². The van der Waals surface area contributed by atoms with Crippen LogP contribution in [0.5, 0.6) is 0 Å². The summed E-state index contributed by atoms with van der Waals surface area (Å²) in [4.78, 5) is 11.2. The fraction of sp³-hybridized carbons (Fsp3) is 0.417. The van der Waals surface area contributed by atoms with Crippen molar-refractivity contribution in [1.29, 1.82) is 0 Å². The first kappa shape index (κ1) is 15.1. The molecule has 20 heavy (non-hydrogen) atoms. The lowest BCUT2D eigenvalue weighted by Gasteiger charge is -2.27. The molecule has 2 atom stereocenters. The van der Waals surface area contributed by atoms with Gasteiger partial charge in [-0.1, -0.05) is 18.2 Å². The Bertz CT molecular complexity index is 496. The van der Waals surface area contributed by atoms with Crippen LogP contribution >= 0.6 is 11.8 Å². The van der Waals surface area contributed by atoms with Gasteiger partial charge in [0.25, 0.3) is 5.91 Å². The maximum Gasteiger partial charge on any atom is 0.416 e. The van der Waals surface area contributed by atoms with E-state index in [1.54, 1.807) is 6.07 Å². The Morgan fingerprint density at radius 3 is 2.80 bits per heavy atom. The fourth-order valence-corrected chi connectivity index (χ4v) is 2.66. The maximum absolute atomic E-state index is 12.6. The highest BCUT2D eigenvalue weighted by molar-refractivity contribution is 7.99.